The SMILES string of the molecule is CC(=O)c1cccc(CN(Cc2ccncc2)CC2CCN(C3CCN(C)CC3)CC2)c1. The van der Waals surface area contributed by atoms with E-state index in [0.717, 1.165) is 37.2 Å². The molecule has 2 aromatic rings. The summed E-state index contributed by atoms with van der Waals surface area (Å²) in [6.45, 7) is 9.50. The smallest absolute Gasteiger partial charge is 0.159 e. The van der Waals surface area contributed by atoms with Gasteiger partial charge in [0.05, 0.1) is 0 Å². The van der Waals surface area contributed by atoms with E-state index in [1.54, 1.807) is 6.92 Å². The molecule has 0 bridgehead atoms. The summed E-state index contributed by atoms with van der Waals surface area (Å²) >= 11 is 0. The fraction of sp³-hybridized carbons (Fsp3) is 0.556. The molecule has 0 atom stereocenters. The number of carbonyl (C=O) groups excluding carboxylic acids is 1. The number of hydrogen-bond donors (Lipinski definition) is 0. The monoisotopic (exact) mass is 434 g/mol. The zero-order valence-electron chi connectivity index (χ0n) is 19.7. The van der Waals surface area contributed by atoms with E-state index in [2.05, 4.69) is 51.0 Å². The molecule has 5 heteroatoms. The maximum Gasteiger partial charge on any atom is 0.159 e. The van der Waals surface area contributed by atoms with Crippen LogP contribution in [0.4, 0.5) is 0 Å². The number of ketones is 1. The van der Waals surface area contributed by atoms with Crippen molar-refractivity contribution < 1.29 is 4.79 Å². The van der Waals surface area contributed by atoms with Gasteiger partial charge in [0.15, 0.2) is 5.78 Å². The largest absolute Gasteiger partial charge is 0.306 e. The second-order valence-electron chi connectivity index (χ2n) is 9.80. The maximum atomic E-state index is 11.8. The predicted molar refractivity (Wildman–Crippen MR) is 130 cm³/mol. The van der Waals surface area contributed by atoms with Crippen LogP contribution in [0.3, 0.4) is 0 Å². The first-order valence-electron chi connectivity index (χ1n) is 12.2. The van der Waals surface area contributed by atoms with Crippen molar-refractivity contribution >= 4 is 5.78 Å². The standard InChI is InChI=1S/C27H38N4O/c1-22(32)26-5-3-4-25(18-26)21-30(19-23-6-12-28-13-7-23)20-24-8-16-31(17-9-24)27-10-14-29(2)15-11-27/h3-7,12-13,18,24,27H,8-11,14-17,19-21H2,1-2H3. The molecule has 0 N–H and O–H groups in total. The number of rotatable bonds is 8. The Bertz CT molecular complexity index is 855. The third-order valence-corrected chi connectivity index (χ3v) is 7.27. The lowest BCUT2D eigenvalue weighted by Gasteiger charge is -2.42. The van der Waals surface area contributed by atoms with Crippen molar-refractivity contribution in [3.63, 3.8) is 0 Å². The number of carbonyl (C=O) groups is 1. The van der Waals surface area contributed by atoms with Gasteiger partial charge in [-0.15, -0.1) is 0 Å². The quantitative estimate of drug-likeness (QED) is 0.585. The lowest BCUT2D eigenvalue weighted by molar-refractivity contribution is 0.0728. The average molecular weight is 435 g/mol. The highest BCUT2D eigenvalue weighted by Crippen LogP contribution is 2.25. The summed E-state index contributed by atoms with van der Waals surface area (Å²) in [4.78, 5) is 23.8. The number of benzene rings is 1. The van der Waals surface area contributed by atoms with Gasteiger partial charge in [-0.05, 0) is 101 Å². The summed E-state index contributed by atoms with van der Waals surface area (Å²) in [6, 6.07) is 13.1. The minimum absolute atomic E-state index is 0.133. The number of likely N-dealkylation sites (tertiary alicyclic amines) is 2. The van der Waals surface area contributed by atoms with Crippen molar-refractivity contribution in [3.05, 3.63) is 65.5 Å². The van der Waals surface area contributed by atoms with Crippen molar-refractivity contribution in [1.29, 1.82) is 0 Å². The maximum absolute atomic E-state index is 11.8. The number of aromatic nitrogens is 1. The Morgan fingerprint density at radius 3 is 2.34 bits per heavy atom. The van der Waals surface area contributed by atoms with Gasteiger partial charge in [-0.25, -0.2) is 0 Å². The molecular weight excluding hydrogens is 396 g/mol. The van der Waals surface area contributed by atoms with Crippen LogP contribution in [0.15, 0.2) is 48.8 Å². The van der Waals surface area contributed by atoms with E-state index in [1.165, 1.54) is 63.0 Å². The molecule has 0 saturated carbocycles. The van der Waals surface area contributed by atoms with Crippen LogP contribution in [0.25, 0.3) is 0 Å². The fourth-order valence-corrected chi connectivity index (χ4v) is 5.30. The van der Waals surface area contributed by atoms with Gasteiger partial charge in [0, 0.05) is 43.6 Å². The van der Waals surface area contributed by atoms with Crippen molar-refractivity contribution in [2.75, 3.05) is 39.8 Å². The van der Waals surface area contributed by atoms with E-state index in [-0.39, 0.29) is 5.78 Å². The Morgan fingerprint density at radius 2 is 1.66 bits per heavy atom. The van der Waals surface area contributed by atoms with E-state index in [9.17, 15) is 4.79 Å². The van der Waals surface area contributed by atoms with E-state index < -0.39 is 0 Å². The number of hydrogen-bond acceptors (Lipinski definition) is 5. The van der Waals surface area contributed by atoms with Gasteiger partial charge >= 0.3 is 0 Å². The Kier molecular flexibility index (Phi) is 8.06. The molecule has 2 aliphatic heterocycles. The number of nitrogens with zero attached hydrogens (tertiary/aromatic N) is 4. The fourth-order valence-electron chi connectivity index (χ4n) is 5.30. The molecule has 1 aromatic carbocycles. The second kappa shape index (κ2) is 11.2. The first-order valence-corrected chi connectivity index (χ1v) is 12.2. The predicted octanol–water partition coefficient (Wildman–Crippen LogP) is 4.09. The van der Waals surface area contributed by atoms with Crippen molar-refractivity contribution in [2.45, 2.75) is 51.7 Å². The van der Waals surface area contributed by atoms with Gasteiger partial charge in [0.1, 0.15) is 0 Å². The highest BCUT2D eigenvalue weighted by molar-refractivity contribution is 5.94. The third-order valence-electron chi connectivity index (χ3n) is 7.27. The number of Topliss-reactive ketones (excluding diaryl/α,β-unsaturated/α-hetero) is 1. The summed E-state index contributed by atoms with van der Waals surface area (Å²) in [6.07, 6.45) is 8.97. The third kappa shape index (κ3) is 6.47. The lowest BCUT2D eigenvalue weighted by Crippen LogP contribution is -2.47. The molecule has 0 amide bonds. The van der Waals surface area contributed by atoms with Gasteiger partial charge in [-0.3, -0.25) is 14.7 Å². The molecule has 2 saturated heterocycles. The van der Waals surface area contributed by atoms with Crippen LogP contribution in [-0.4, -0.2) is 71.3 Å². The molecule has 0 spiro atoms. The second-order valence-corrected chi connectivity index (χ2v) is 9.80. The van der Waals surface area contributed by atoms with Crippen LogP contribution in [-0.2, 0) is 13.1 Å². The Labute approximate surface area is 193 Å². The van der Waals surface area contributed by atoms with Crippen molar-refractivity contribution in [3.8, 4) is 0 Å². The molecule has 0 unspecified atom stereocenters. The molecule has 1 aromatic heterocycles. The highest BCUT2D eigenvalue weighted by Gasteiger charge is 2.28. The molecule has 2 fully saturated rings. The minimum atomic E-state index is 0.133. The lowest BCUT2D eigenvalue weighted by atomic mass is 9.92. The van der Waals surface area contributed by atoms with Gasteiger partial charge in [0.25, 0.3) is 0 Å². The summed E-state index contributed by atoms with van der Waals surface area (Å²) in [5, 5.41) is 0. The molecule has 0 aliphatic carbocycles. The average Bonchev–Trinajstić information content (AvgIpc) is 2.81. The summed E-state index contributed by atoms with van der Waals surface area (Å²) in [5.41, 5.74) is 3.32. The number of pyridine rings is 1. The molecule has 3 heterocycles. The normalized spacial score (nSPS) is 19.5. The summed E-state index contributed by atoms with van der Waals surface area (Å²) < 4.78 is 0. The first-order chi connectivity index (χ1) is 15.6. The molecular formula is C27H38N4O. The molecule has 5 nitrogen and oxygen atoms in total. The zero-order valence-corrected chi connectivity index (χ0v) is 19.7. The van der Waals surface area contributed by atoms with E-state index in [1.807, 2.05) is 24.5 Å². The first kappa shape index (κ1) is 23.1. The van der Waals surface area contributed by atoms with E-state index in [0.29, 0.717) is 0 Å². The Balaban J connectivity index is 1.37. The van der Waals surface area contributed by atoms with Crippen LogP contribution >= 0.6 is 0 Å². The molecule has 172 valence electrons. The van der Waals surface area contributed by atoms with Gasteiger partial charge in [-0.2, -0.15) is 0 Å². The Hall–Kier alpha value is -2.08. The van der Waals surface area contributed by atoms with Crippen LogP contribution in [0.5, 0.6) is 0 Å². The highest BCUT2D eigenvalue weighted by atomic mass is 16.1. The topological polar surface area (TPSA) is 39.7 Å². The van der Waals surface area contributed by atoms with Gasteiger partial charge in [-0.1, -0.05) is 18.2 Å². The van der Waals surface area contributed by atoms with E-state index in [4.69, 9.17) is 0 Å². The van der Waals surface area contributed by atoms with Crippen LogP contribution < -0.4 is 0 Å². The van der Waals surface area contributed by atoms with Crippen LogP contribution in [0, 0.1) is 5.92 Å². The molecule has 0 radical (unpaired) electrons. The van der Waals surface area contributed by atoms with Crippen LogP contribution in [0.2, 0.25) is 0 Å². The minimum Gasteiger partial charge on any atom is -0.306 e. The summed E-state index contributed by atoms with van der Waals surface area (Å²) in [5.74, 6) is 0.865. The van der Waals surface area contributed by atoms with Crippen molar-refractivity contribution in [1.82, 2.24) is 19.7 Å². The summed E-state index contributed by atoms with van der Waals surface area (Å²) in [7, 11) is 2.24. The van der Waals surface area contributed by atoms with Gasteiger partial charge in [0.2, 0.25) is 0 Å². The van der Waals surface area contributed by atoms with E-state index >= 15 is 0 Å². The number of piperidine rings is 2. The van der Waals surface area contributed by atoms with Gasteiger partial charge < -0.3 is 9.80 Å². The Morgan fingerprint density at radius 1 is 0.969 bits per heavy atom. The zero-order chi connectivity index (χ0) is 22.3. The molecule has 32 heavy (non-hydrogen) atoms. The molecule has 2 aliphatic rings. The van der Waals surface area contributed by atoms with Crippen LogP contribution in [0.1, 0.15) is 54.1 Å². The van der Waals surface area contributed by atoms with Crippen molar-refractivity contribution in [2.24, 2.45) is 5.92 Å². The molecule has 4 rings (SSSR count).